The Morgan fingerprint density at radius 1 is 1.18 bits per heavy atom. The molecule has 0 amide bonds. The van der Waals surface area contributed by atoms with Gasteiger partial charge in [0.2, 0.25) is 11.8 Å². The Morgan fingerprint density at radius 2 is 1.82 bits per heavy atom. The predicted octanol–water partition coefficient (Wildman–Crippen LogP) is 1.84. The van der Waals surface area contributed by atoms with E-state index in [9.17, 15) is 9.90 Å². The molecular weight excluding hydrogens is 218 g/mol. The van der Waals surface area contributed by atoms with Gasteiger partial charge in [0, 0.05) is 5.69 Å². The van der Waals surface area contributed by atoms with Gasteiger partial charge in [-0.3, -0.25) is 9.78 Å². The van der Waals surface area contributed by atoms with Gasteiger partial charge in [-0.1, -0.05) is 6.07 Å². The van der Waals surface area contributed by atoms with Gasteiger partial charge in [-0.05, 0) is 37.1 Å². The number of rotatable bonds is 2. The molecule has 0 saturated heterocycles. The van der Waals surface area contributed by atoms with Gasteiger partial charge in [-0.2, -0.15) is 4.98 Å². The lowest BCUT2D eigenvalue weighted by Crippen LogP contribution is -2.08. The highest BCUT2D eigenvalue weighted by molar-refractivity contribution is 5.56. The summed E-state index contributed by atoms with van der Waals surface area (Å²) in [6.45, 7) is 3.97. The highest BCUT2D eigenvalue weighted by Gasteiger charge is 2.01. The largest absolute Gasteiger partial charge is 0.493 e. The first-order valence-corrected chi connectivity index (χ1v) is 5.18. The van der Waals surface area contributed by atoms with Gasteiger partial charge in [0.25, 0.3) is 5.56 Å². The fourth-order valence-corrected chi connectivity index (χ4v) is 1.69. The molecule has 1 heterocycles. The van der Waals surface area contributed by atoms with Crippen molar-refractivity contribution in [1.29, 1.82) is 0 Å². The minimum absolute atomic E-state index is 0.222. The summed E-state index contributed by atoms with van der Waals surface area (Å²) < 4.78 is 0. The van der Waals surface area contributed by atoms with Gasteiger partial charge in [-0.25, -0.2) is 0 Å². The quantitative estimate of drug-likeness (QED) is 0.736. The van der Waals surface area contributed by atoms with Gasteiger partial charge in [0.1, 0.15) is 0 Å². The van der Waals surface area contributed by atoms with Crippen LogP contribution < -0.4 is 10.9 Å². The van der Waals surface area contributed by atoms with Crippen LogP contribution in [0.25, 0.3) is 0 Å². The monoisotopic (exact) mass is 231 g/mol. The Kier molecular flexibility index (Phi) is 2.82. The highest BCUT2D eigenvalue weighted by Crippen LogP contribution is 2.17. The average molecular weight is 231 g/mol. The molecule has 0 aliphatic carbocycles. The lowest BCUT2D eigenvalue weighted by molar-refractivity contribution is 0.452. The van der Waals surface area contributed by atoms with Gasteiger partial charge in [-0.15, -0.1) is 0 Å². The van der Waals surface area contributed by atoms with Crippen molar-refractivity contribution >= 4 is 11.6 Å². The van der Waals surface area contributed by atoms with Crippen molar-refractivity contribution in [1.82, 2.24) is 9.97 Å². The van der Waals surface area contributed by atoms with Crippen LogP contribution in [0.2, 0.25) is 0 Å². The van der Waals surface area contributed by atoms with E-state index in [1.807, 2.05) is 32.0 Å². The maximum absolute atomic E-state index is 11.1. The second kappa shape index (κ2) is 4.29. The molecule has 0 aliphatic rings. The van der Waals surface area contributed by atoms with E-state index in [4.69, 9.17) is 0 Å². The Bertz CT molecular complexity index is 585. The number of aryl methyl sites for hydroxylation is 2. The van der Waals surface area contributed by atoms with E-state index in [2.05, 4.69) is 15.3 Å². The number of hydrogen-bond donors (Lipinski definition) is 3. The van der Waals surface area contributed by atoms with Crippen LogP contribution in [0, 0.1) is 13.8 Å². The molecule has 0 unspecified atom stereocenters. The summed E-state index contributed by atoms with van der Waals surface area (Å²) in [5.41, 5.74) is 2.63. The van der Waals surface area contributed by atoms with Crippen LogP contribution in [0.15, 0.2) is 29.1 Å². The molecule has 1 aromatic heterocycles. The summed E-state index contributed by atoms with van der Waals surface area (Å²) >= 11 is 0. The number of benzene rings is 1. The first-order valence-electron chi connectivity index (χ1n) is 5.18. The third kappa shape index (κ3) is 2.84. The molecule has 5 heteroatoms. The smallest absolute Gasteiger partial charge is 0.256 e. The number of nitrogens with zero attached hydrogens (tertiary/aromatic N) is 1. The molecule has 0 atom stereocenters. The fourth-order valence-electron chi connectivity index (χ4n) is 1.69. The van der Waals surface area contributed by atoms with Crippen LogP contribution in [0.4, 0.5) is 11.6 Å². The van der Waals surface area contributed by atoms with Crippen molar-refractivity contribution in [3.8, 4) is 5.88 Å². The summed E-state index contributed by atoms with van der Waals surface area (Å²) in [5.74, 6) is -0.0828. The van der Waals surface area contributed by atoms with E-state index < -0.39 is 5.56 Å². The van der Waals surface area contributed by atoms with Crippen LogP contribution in [-0.2, 0) is 0 Å². The summed E-state index contributed by atoms with van der Waals surface area (Å²) in [6, 6.07) is 6.92. The SMILES string of the molecule is Cc1cc(C)cc(Nc2nc(O)cc(=O)[nH]2)c1. The third-order valence-electron chi connectivity index (χ3n) is 2.21. The number of aromatic amines is 1. The Balaban J connectivity index is 2.34. The van der Waals surface area contributed by atoms with Crippen LogP contribution in [0.5, 0.6) is 5.88 Å². The minimum atomic E-state index is -0.399. The second-order valence-electron chi connectivity index (χ2n) is 3.95. The number of hydrogen-bond acceptors (Lipinski definition) is 4. The van der Waals surface area contributed by atoms with E-state index in [1.54, 1.807) is 0 Å². The zero-order valence-corrected chi connectivity index (χ0v) is 9.61. The van der Waals surface area contributed by atoms with E-state index in [0.29, 0.717) is 0 Å². The lowest BCUT2D eigenvalue weighted by Gasteiger charge is -2.07. The maximum Gasteiger partial charge on any atom is 0.256 e. The molecule has 1 aromatic carbocycles. The van der Waals surface area contributed by atoms with Crippen molar-refractivity contribution in [2.45, 2.75) is 13.8 Å². The molecule has 88 valence electrons. The molecule has 17 heavy (non-hydrogen) atoms. The zero-order chi connectivity index (χ0) is 12.4. The molecular formula is C12H13N3O2. The summed E-state index contributed by atoms with van der Waals surface area (Å²) in [7, 11) is 0. The number of aromatic nitrogens is 2. The molecule has 0 spiro atoms. The van der Waals surface area contributed by atoms with Gasteiger partial charge in [0.05, 0.1) is 6.07 Å². The van der Waals surface area contributed by atoms with Crippen molar-refractivity contribution < 1.29 is 5.11 Å². The first kappa shape index (κ1) is 11.2. The van der Waals surface area contributed by atoms with E-state index in [-0.39, 0.29) is 11.8 Å². The molecule has 2 aromatic rings. The van der Waals surface area contributed by atoms with Gasteiger partial charge in [0.15, 0.2) is 0 Å². The Morgan fingerprint density at radius 3 is 2.41 bits per heavy atom. The van der Waals surface area contributed by atoms with E-state index >= 15 is 0 Å². The van der Waals surface area contributed by atoms with Crippen LogP contribution in [0.3, 0.4) is 0 Å². The maximum atomic E-state index is 11.1. The normalized spacial score (nSPS) is 10.2. The Labute approximate surface area is 98.2 Å². The number of aromatic hydroxyl groups is 1. The number of nitrogens with one attached hydrogen (secondary N) is 2. The summed E-state index contributed by atoms with van der Waals surface area (Å²) in [5, 5.41) is 12.2. The topological polar surface area (TPSA) is 78.0 Å². The first-order chi connectivity index (χ1) is 8.02. The molecule has 0 aliphatic heterocycles. The number of anilines is 2. The zero-order valence-electron chi connectivity index (χ0n) is 9.61. The molecule has 3 N–H and O–H groups in total. The molecule has 0 fully saturated rings. The fraction of sp³-hybridized carbons (Fsp3) is 0.167. The van der Waals surface area contributed by atoms with Crippen molar-refractivity contribution in [2.75, 3.05) is 5.32 Å². The van der Waals surface area contributed by atoms with Crippen molar-refractivity contribution in [2.24, 2.45) is 0 Å². The lowest BCUT2D eigenvalue weighted by atomic mass is 10.1. The van der Waals surface area contributed by atoms with Crippen molar-refractivity contribution in [3.05, 3.63) is 45.7 Å². The molecule has 0 saturated carbocycles. The third-order valence-corrected chi connectivity index (χ3v) is 2.21. The van der Waals surface area contributed by atoms with E-state index in [1.165, 1.54) is 0 Å². The van der Waals surface area contributed by atoms with Gasteiger partial charge >= 0.3 is 0 Å². The predicted molar refractivity (Wildman–Crippen MR) is 65.7 cm³/mol. The number of H-pyrrole nitrogens is 1. The Hall–Kier alpha value is -2.30. The average Bonchev–Trinajstić information content (AvgIpc) is 2.13. The molecule has 0 radical (unpaired) electrons. The summed E-state index contributed by atoms with van der Waals surface area (Å²) in [4.78, 5) is 17.4. The van der Waals surface area contributed by atoms with Crippen LogP contribution in [0.1, 0.15) is 11.1 Å². The van der Waals surface area contributed by atoms with Crippen molar-refractivity contribution in [3.63, 3.8) is 0 Å². The van der Waals surface area contributed by atoms with Gasteiger partial charge < -0.3 is 10.4 Å². The molecule has 2 rings (SSSR count). The van der Waals surface area contributed by atoms with E-state index in [0.717, 1.165) is 22.9 Å². The molecule has 0 bridgehead atoms. The van der Waals surface area contributed by atoms with Crippen LogP contribution in [-0.4, -0.2) is 15.1 Å². The molecule has 5 nitrogen and oxygen atoms in total. The highest BCUT2D eigenvalue weighted by atomic mass is 16.3. The minimum Gasteiger partial charge on any atom is -0.493 e. The van der Waals surface area contributed by atoms with Crippen LogP contribution >= 0.6 is 0 Å². The second-order valence-corrected chi connectivity index (χ2v) is 3.95. The summed E-state index contributed by atoms with van der Waals surface area (Å²) in [6.07, 6.45) is 0. The standard InChI is InChI=1S/C12H13N3O2/c1-7-3-8(2)5-9(4-7)13-12-14-10(16)6-11(17)15-12/h3-6H,1-2H3,(H3,13,14,15,16,17).